The fraction of sp³-hybridized carbons (Fsp3) is 1.00. The minimum absolute atomic E-state index is 0.604. The van der Waals surface area contributed by atoms with Crippen LogP contribution in [0.2, 0.25) is 0 Å². The number of nitrogens with one attached hydrogen (secondary N) is 1. The Labute approximate surface area is 108 Å². The summed E-state index contributed by atoms with van der Waals surface area (Å²) in [5.41, 5.74) is 0.654. The summed E-state index contributed by atoms with van der Waals surface area (Å²) < 4.78 is 0. The first-order chi connectivity index (χ1) is 8.03. The number of nitrogens with zero attached hydrogens (tertiary/aromatic N) is 1. The van der Waals surface area contributed by atoms with Crippen LogP contribution in [0.15, 0.2) is 0 Å². The predicted octanol–water partition coefficient (Wildman–Crippen LogP) is 3.28. The van der Waals surface area contributed by atoms with Gasteiger partial charge in [-0.3, -0.25) is 4.90 Å². The molecule has 0 bridgehead atoms. The van der Waals surface area contributed by atoms with E-state index in [4.69, 9.17) is 0 Å². The second-order valence-corrected chi connectivity index (χ2v) is 6.16. The van der Waals surface area contributed by atoms with Crippen LogP contribution in [0.1, 0.15) is 60.3 Å². The van der Waals surface area contributed by atoms with Gasteiger partial charge in [0.2, 0.25) is 0 Å². The third-order valence-electron chi connectivity index (χ3n) is 4.80. The first-order valence-electron chi connectivity index (χ1n) is 7.50. The molecule has 0 spiro atoms. The summed E-state index contributed by atoms with van der Waals surface area (Å²) >= 11 is 0. The van der Waals surface area contributed by atoms with E-state index in [1.54, 1.807) is 0 Å². The molecule has 1 heterocycles. The van der Waals surface area contributed by atoms with Crippen LogP contribution in [0.25, 0.3) is 0 Å². The van der Waals surface area contributed by atoms with E-state index in [9.17, 15) is 0 Å². The molecule has 1 saturated heterocycles. The Morgan fingerprint density at radius 3 is 2.00 bits per heavy atom. The molecule has 1 atom stereocenters. The van der Waals surface area contributed by atoms with E-state index in [-0.39, 0.29) is 0 Å². The van der Waals surface area contributed by atoms with E-state index in [0.29, 0.717) is 17.5 Å². The van der Waals surface area contributed by atoms with Gasteiger partial charge < -0.3 is 5.32 Å². The van der Waals surface area contributed by atoms with E-state index in [1.165, 1.54) is 38.8 Å². The van der Waals surface area contributed by atoms with Crippen molar-refractivity contribution >= 4 is 0 Å². The highest BCUT2D eigenvalue weighted by atomic mass is 15.2. The summed E-state index contributed by atoms with van der Waals surface area (Å²) in [6.45, 7) is 15.3. The van der Waals surface area contributed by atoms with E-state index in [1.807, 2.05) is 0 Å². The Morgan fingerprint density at radius 1 is 1.06 bits per heavy atom. The summed E-state index contributed by atoms with van der Waals surface area (Å²) in [6, 6.07) is 1.29. The van der Waals surface area contributed by atoms with Crippen molar-refractivity contribution in [3.8, 4) is 0 Å². The van der Waals surface area contributed by atoms with Gasteiger partial charge in [-0.05, 0) is 38.3 Å². The zero-order valence-electron chi connectivity index (χ0n) is 12.6. The zero-order chi connectivity index (χ0) is 12.9. The Balaban J connectivity index is 2.35. The quantitative estimate of drug-likeness (QED) is 0.766. The van der Waals surface area contributed by atoms with Crippen LogP contribution in [0, 0.1) is 5.41 Å². The third kappa shape index (κ3) is 4.26. The molecule has 17 heavy (non-hydrogen) atoms. The average Bonchev–Trinajstić information content (AvgIpc) is 2.36. The molecular weight excluding hydrogens is 208 g/mol. The molecule has 1 fully saturated rings. The van der Waals surface area contributed by atoms with E-state index in [2.05, 4.69) is 44.8 Å². The molecule has 1 rings (SSSR count). The lowest BCUT2D eigenvalue weighted by Gasteiger charge is -2.43. The largest absolute Gasteiger partial charge is 0.313 e. The second kappa shape index (κ2) is 6.75. The van der Waals surface area contributed by atoms with Crippen LogP contribution in [0.5, 0.6) is 0 Å². The molecule has 0 aromatic heterocycles. The summed E-state index contributed by atoms with van der Waals surface area (Å²) in [5.74, 6) is 0. The zero-order valence-corrected chi connectivity index (χ0v) is 12.6. The van der Waals surface area contributed by atoms with Crippen molar-refractivity contribution in [2.75, 3.05) is 19.6 Å². The molecule has 0 radical (unpaired) electrons. The van der Waals surface area contributed by atoms with Gasteiger partial charge in [-0.25, -0.2) is 0 Å². The van der Waals surface area contributed by atoms with Gasteiger partial charge >= 0.3 is 0 Å². The topological polar surface area (TPSA) is 15.3 Å². The SMILES string of the molecule is CCC1(CC)CCN(C(C)CNC(C)C)CC1. The summed E-state index contributed by atoms with van der Waals surface area (Å²) in [7, 11) is 0. The number of hydrogen-bond donors (Lipinski definition) is 1. The van der Waals surface area contributed by atoms with Crippen molar-refractivity contribution in [1.29, 1.82) is 0 Å². The smallest absolute Gasteiger partial charge is 0.0192 e. The highest BCUT2D eigenvalue weighted by Gasteiger charge is 2.32. The lowest BCUT2D eigenvalue weighted by atomic mass is 9.74. The summed E-state index contributed by atoms with van der Waals surface area (Å²) in [4.78, 5) is 2.67. The molecule has 0 aromatic rings. The van der Waals surface area contributed by atoms with Gasteiger partial charge in [0.05, 0.1) is 0 Å². The Hall–Kier alpha value is -0.0800. The van der Waals surface area contributed by atoms with Gasteiger partial charge in [-0.2, -0.15) is 0 Å². The molecular formula is C15H32N2. The fourth-order valence-corrected chi connectivity index (χ4v) is 2.93. The van der Waals surface area contributed by atoms with Crippen LogP contribution < -0.4 is 5.32 Å². The van der Waals surface area contributed by atoms with Crippen molar-refractivity contribution in [3.63, 3.8) is 0 Å². The van der Waals surface area contributed by atoms with Gasteiger partial charge in [0, 0.05) is 18.6 Å². The molecule has 0 saturated carbocycles. The maximum atomic E-state index is 3.55. The van der Waals surface area contributed by atoms with Gasteiger partial charge in [0.15, 0.2) is 0 Å². The average molecular weight is 240 g/mol. The number of hydrogen-bond acceptors (Lipinski definition) is 2. The predicted molar refractivity (Wildman–Crippen MR) is 76.4 cm³/mol. The first kappa shape index (κ1) is 15.0. The lowest BCUT2D eigenvalue weighted by molar-refractivity contribution is 0.0704. The molecule has 2 nitrogen and oxygen atoms in total. The number of piperidine rings is 1. The van der Waals surface area contributed by atoms with Gasteiger partial charge in [0.1, 0.15) is 0 Å². The standard InChI is InChI=1S/C15H32N2/c1-6-15(7-2)8-10-17(11-9-15)14(5)12-16-13(3)4/h13-14,16H,6-12H2,1-5H3. The van der Waals surface area contributed by atoms with Crippen LogP contribution in [0.4, 0.5) is 0 Å². The van der Waals surface area contributed by atoms with Gasteiger partial charge in [-0.1, -0.05) is 40.5 Å². The minimum atomic E-state index is 0.604. The van der Waals surface area contributed by atoms with Crippen molar-refractivity contribution in [2.24, 2.45) is 5.41 Å². The van der Waals surface area contributed by atoms with E-state index in [0.717, 1.165) is 6.54 Å². The second-order valence-electron chi connectivity index (χ2n) is 6.16. The molecule has 0 amide bonds. The Morgan fingerprint density at radius 2 is 1.59 bits per heavy atom. The van der Waals surface area contributed by atoms with E-state index >= 15 is 0 Å². The molecule has 0 aliphatic carbocycles. The maximum absolute atomic E-state index is 3.55. The van der Waals surface area contributed by atoms with Crippen LogP contribution >= 0.6 is 0 Å². The Bertz CT molecular complexity index is 199. The third-order valence-corrected chi connectivity index (χ3v) is 4.80. The van der Waals surface area contributed by atoms with Crippen molar-refractivity contribution in [1.82, 2.24) is 10.2 Å². The maximum Gasteiger partial charge on any atom is 0.0192 e. The molecule has 1 unspecified atom stereocenters. The highest BCUT2D eigenvalue weighted by Crippen LogP contribution is 2.38. The van der Waals surface area contributed by atoms with Crippen molar-refractivity contribution in [2.45, 2.75) is 72.4 Å². The molecule has 1 aliphatic rings. The van der Waals surface area contributed by atoms with Crippen LogP contribution in [0.3, 0.4) is 0 Å². The molecule has 0 aromatic carbocycles. The lowest BCUT2D eigenvalue weighted by Crippen LogP contribution is -2.48. The summed E-state index contributed by atoms with van der Waals surface area (Å²) in [5, 5.41) is 3.55. The molecule has 1 N–H and O–H groups in total. The van der Waals surface area contributed by atoms with Gasteiger partial charge in [-0.15, -0.1) is 0 Å². The van der Waals surface area contributed by atoms with Crippen LogP contribution in [-0.2, 0) is 0 Å². The fourth-order valence-electron chi connectivity index (χ4n) is 2.93. The molecule has 1 aliphatic heterocycles. The van der Waals surface area contributed by atoms with Crippen molar-refractivity contribution in [3.05, 3.63) is 0 Å². The highest BCUT2D eigenvalue weighted by molar-refractivity contribution is 4.86. The monoisotopic (exact) mass is 240 g/mol. The molecule has 102 valence electrons. The van der Waals surface area contributed by atoms with Crippen LogP contribution in [-0.4, -0.2) is 36.6 Å². The van der Waals surface area contributed by atoms with E-state index < -0.39 is 0 Å². The summed E-state index contributed by atoms with van der Waals surface area (Å²) in [6.07, 6.45) is 5.50. The molecule has 2 heteroatoms. The van der Waals surface area contributed by atoms with Crippen molar-refractivity contribution < 1.29 is 0 Å². The number of rotatable bonds is 6. The normalized spacial score (nSPS) is 22.9. The van der Waals surface area contributed by atoms with Gasteiger partial charge in [0.25, 0.3) is 0 Å². The first-order valence-corrected chi connectivity index (χ1v) is 7.50. The Kier molecular flexibility index (Phi) is 5.94. The minimum Gasteiger partial charge on any atom is -0.313 e. The number of likely N-dealkylation sites (tertiary alicyclic amines) is 1.